The van der Waals surface area contributed by atoms with Crippen LogP contribution in [-0.2, 0) is 11.3 Å². The van der Waals surface area contributed by atoms with Gasteiger partial charge in [0.25, 0.3) is 0 Å². The number of rotatable bonds is 6. The Morgan fingerprint density at radius 1 is 1.11 bits per heavy atom. The van der Waals surface area contributed by atoms with Crippen molar-refractivity contribution in [3.8, 4) is 11.1 Å². The van der Waals surface area contributed by atoms with E-state index >= 15 is 0 Å². The number of nitrogens with zero attached hydrogens (tertiary/aromatic N) is 3. The van der Waals surface area contributed by atoms with Crippen LogP contribution in [0.1, 0.15) is 11.3 Å². The zero-order valence-corrected chi connectivity index (χ0v) is 16.9. The summed E-state index contributed by atoms with van der Waals surface area (Å²) in [5.74, 6) is 0.247. The summed E-state index contributed by atoms with van der Waals surface area (Å²) in [6.07, 6.45) is 3.28. The average molecular weight is 407 g/mol. The van der Waals surface area contributed by atoms with Crippen molar-refractivity contribution < 1.29 is 4.79 Å². The monoisotopic (exact) mass is 406 g/mol. The SMILES string of the molecule is Cc1ccc(-c2csc3ncnc(SCC(=O)NCc4ccccn4)c23)cc1. The molecule has 1 aromatic carbocycles. The van der Waals surface area contributed by atoms with Gasteiger partial charge in [-0.3, -0.25) is 9.78 Å². The van der Waals surface area contributed by atoms with Crippen molar-refractivity contribution in [3.05, 3.63) is 71.6 Å². The minimum Gasteiger partial charge on any atom is -0.350 e. The number of hydrogen-bond donors (Lipinski definition) is 1. The average Bonchev–Trinajstić information content (AvgIpc) is 3.17. The Balaban J connectivity index is 1.50. The molecule has 4 rings (SSSR count). The summed E-state index contributed by atoms with van der Waals surface area (Å²) in [7, 11) is 0. The molecule has 0 aliphatic carbocycles. The van der Waals surface area contributed by atoms with E-state index in [1.54, 1.807) is 23.9 Å². The molecule has 0 saturated carbocycles. The molecule has 0 radical (unpaired) electrons. The van der Waals surface area contributed by atoms with E-state index in [9.17, 15) is 4.79 Å². The standard InChI is InChI=1S/C21H18N4OS2/c1-14-5-7-15(8-6-14)17-11-27-20-19(17)21(25-13-24-20)28-12-18(26)23-10-16-4-2-3-9-22-16/h2-9,11,13H,10,12H2,1H3,(H,23,26). The molecule has 7 heteroatoms. The summed E-state index contributed by atoms with van der Waals surface area (Å²) in [5.41, 5.74) is 4.30. The van der Waals surface area contributed by atoms with Gasteiger partial charge >= 0.3 is 0 Å². The van der Waals surface area contributed by atoms with Crippen LogP contribution in [0.4, 0.5) is 0 Å². The predicted octanol–water partition coefficient (Wildman–Crippen LogP) is 4.47. The van der Waals surface area contributed by atoms with Crippen molar-refractivity contribution in [2.45, 2.75) is 18.5 Å². The van der Waals surface area contributed by atoms with Crippen LogP contribution in [0.25, 0.3) is 21.3 Å². The van der Waals surface area contributed by atoms with Gasteiger partial charge in [0.15, 0.2) is 0 Å². The lowest BCUT2D eigenvalue weighted by Gasteiger charge is -2.07. The number of thioether (sulfide) groups is 1. The van der Waals surface area contributed by atoms with Gasteiger partial charge in [-0.1, -0.05) is 47.7 Å². The molecule has 0 fully saturated rings. The highest BCUT2D eigenvalue weighted by Crippen LogP contribution is 2.37. The molecule has 3 heterocycles. The molecule has 0 spiro atoms. The first-order valence-electron chi connectivity index (χ1n) is 8.79. The second-order valence-corrected chi connectivity index (χ2v) is 8.08. The van der Waals surface area contributed by atoms with E-state index in [-0.39, 0.29) is 5.91 Å². The van der Waals surface area contributed by atoms with Crippen molar-refractivity contribution in [1.82, 2.24) is 20.3 Å². The zero-order valence-electron chi connectivity index (χ0n) is 15.3. The summed E-state index contributed by atoms with van der Waals surface area (Å²) in [6.45, 7) is 2.50. The molecule has 140 valence electrons. The molecular formula is C21H18N4OS2. The van der Waals surface area contributed by atoms with Gasteiger partial charge in [0, 0.05) is 17.1 Å². The lowest BCUT2D eigenvalue weighted by atomic mass is 10.1. The third-order valence-electron chi connectivity index (χ3n) is 4.23. The number of thiophene rings is 1. The van der Waals surface area contributed by atoms with Gasteiger partial charge in [0.2, 0.25) is 5.91 Å². The maximum absolute atomic E-state index is 12.3. The van der Waals surface area contributed by atoms with Crippen LogP contribution in [0.5, 0.6) is 0 Å². The first-order chi connectivity index (χ1) is 13.7. The smallest absolute Gasteiger partial charge is 0.230 e. The lowest BCUT2D eigenvalue weighted by molar-refractivity contribution is -0.118. The van der Waals surface area contributed by atoms with E-state index in [0.29, 0.717) is 12.3 Å². The number of pyridine rings is 1. The number of aromatic nitrogens is 3. The number of carbonyl (C=O) groups excluding carboxylic acids is 1. The van der Waals surface area contributed by atoms with Gasteiger partial charge in [-0.15, -0.1) is 11.3 Å². The Morgan fingerprint density at radius 3 is 2.75 bits per heavy atom. The molecule has 0 unspecified atom stereocenters. The van der Waals surface area contributed by atoms with E-state index in [4.69, 9.17) is 0 Å². The van der Waals surface area contributed by atoms with Crippen LogP contribution >= 0.6 is 23.1 Å². The van der Waals surface area contributed by atoms with Gasteiger partial charge in [0.05, 0.1) is 23.4 Å². The Hall–Kier alpha value is -2.77. The maximum atomic E-state index is 12.3. The van der Waals surface area contributed by atoms with E-state index in [1.807, 2.05) is 18.2 Å². The fourth-order valence-electron chi connectivity index (χ4n) is 2.78. The number of nitrogens with one attached hydrogen (secondary N) is 1. The van der Waals surface area contributed by atoms with E-state index in [2.05, 4.69) is 56.8 Å². The molecule has 5 nitrogen and oxygen atoms in total. The van der Waals surface area contributed by atoms with E-state index in [0.717, 1.165) is 32.1 Å². The normalized spacial score (nSPS) is 10.9. The highest BCUT2D eigenvalue weighted by Gasteiger charge is 2.14. The second kappa shape index (κ2) is 8.50. The summed E-state index contributed by atoms with van der Waals surface area (Å²) < 4.78 is 0. The number of carbonyl (C=O) groups is 1. The first-order valence-corrected chi connectivity index (χ1v) is 10.7. The largest absolute Gasteiger partial charge is 0.350 e. The van der Waals surface area contributed by atoms with Crippen molar-refractivity contribution in [1.29, 1.82) is 0 Å². The van der Waals surface area contributed by atoms with Crippen LogP contribution in [0.15, 0.2) is 65.4 Å². The Labute approximate surface area is 171 Å². The quantitative estimate of drug-likeness (QED) is 0.378. The molecule has 4 aromatic rings. The highest BCUT2D eigenvalue weighted by atomic mass is 32.2. The van der Waals surface area contributed by atoms with Crippen molar-refractivity contribution in [3.63, 3.8) is 0 Å². The van der Waals surface area contributed by atoms with Gasteiger partial charge < -0.3 is 5.32 Å². The third kappa shape index (κ3) is 4.21. The van der Waals surface area contributed by atoms with Crippen molar-refractivity contribution in [2.75, 3.05) is 5.75 Å². The molecule has 0 bridgehead atoms. The summed E-state index contributed by atoms with van der Waals surface area (Å²) in [5, 5.41) is 6.85. The van der Waals surface area contributed by atoms with Gasteiger partial charge in [-0.25, -0.2) is 9.97 Å². The zero-order chi connectivity index (χ0) is 19.3. The topological polar surface area (TPSA) is 67.8 Å². The van der Waals surface area contributed by atoms with Crippen molar-refractivity contribution in [2.24, 2.45) is 0 Å². The van der Waals surface area contributed by atoms with E-state index < -0.39 is 0 Å². The Bertz CT molecular complexity index is 1090. The number of aryl methyl sites for hydroxylation is 1. The summed E-state index contributed by atoms with van der Waals surface area (Å²) >= 11 is 3.03. The maximum Gasteiger partial charge on any atom is 0.230 e. The number of amides is 1. The molecule has 28 heavy (non-hydrogen) atoms. The van der Waals surface area contributed by atoms with Crippen molar-refractivity contribution >= 4 is 39.2 Å². The third-order valence-corrected chi connectivity index (χ3v) is 6.11. The molecule has 0 aliphatic heterocycles. The number of hydrogen-bond acceptors (Lipinski definition) is 6. The number of fused-ring (bicyclic) bond motifs is 1. The molecule has 0 atom stereocenters. The fraction of sp³-hybridized carbons (Fsp3) is 0.143. The van der Waals surface area contributed by atoms with Crippen LogP contribution < -0.4 is 5.32 Å². The molecule has 3 aromatic heterocycles. The Morgan fingerprint density at radius 2 is 1.96 bits per heavy atom. The fourth-order valence-corrected chi connectivity index (χ4v) is 4.60. The summed E-state index contributed by atoms with van der Waals surface area (Å²) in [4.78, 5) is 26.2. The molecule has 0 aliphatic rings. The minimum atomic E-state index is -0.0467. The predicted molar refractivity (Wildman–Crippen MR) is 114 cm³/mol. The lowest BCUT2D eigenvalue weighted by Crippen LogP contribution is -2.25. The van der Waals surface area contributed by atoms with E-state index in [1.165, 1.54) is 17.3 Å². The Kier molecular flexibility index (Phi) is 5.64. The first kappa shape index (κ1) is 18.6. The van der Waals surface area contributed by atoms with Crippen LogP contribution in [0.2, 0.25) is 0 Å². The highest BCUT2D eigenvalue weighted by molar-refractivity contribution is 8.00. The van der Waals surface area contributed by atoms with Gasteiger partial charge in [0.1, 0.15) is 16.2 Å². The summed E-state index contributed by atoms with van der Waals surface area (Å²) in [6, 6.07) is 14.1. The van der Waals surface area contributed by atoms with Crippen LogP contribution in [0, 0.1) is 6.92 Å². The molecule has 1 amide bonds. The second-order valence-electron chi connectivity index (χ2n) is 6.26. The van der Waals surface area contributed by atoms with Crippen LogP contribution in [-0.4, -0.2) is 26.6 Å². The molecule has 0 saturated heterocycles. The van der Waals surface area contributed by atoms with Crippen LogP contribution in [0.3, 0.4) is 0 Å². The van der Waals surface area contributed by atoms with Gasteiger partial charge in [-0.05, 0) is 24.6 Å². The minimum absolute atomic E-state index is 0.0467. The number of benzene rings is 1. The molecular weight excluding hydrogens is 388 g/mol. The molecule has 1 N–H and O–H groups in total. The van der Waals surface area contributed by atoms with Gasteiger partial charge in [-0.2, -0.15) is 0 Å².